The summed E-state index contributed by atoms with van der Waals surface area (Å²) >= 11 is 0. The van der Waals surface area contributed by atoms with Crippen LogP contribution in [-0.4, -0.2) is 24.7 Å². The van der Waals surface area contributed by atoms with Gasteiger partial charge in [-0.1, -0.05) is 18.2 Å². The Bertz CT molecular complexity index is 1090. The van der Waals surface area contributed by atoms with Gasteiger partial charge in [0, 0.05) is 30.2 Å². The Morgan fingerprint density at radius 3 is 2.41 bits per heavy atom. The third-order valence-electron chi connectivity index (χ3n) is 4.07. The first-order valence-corrected chi connectivity index (χ1v) is 8.69. The second-order valence-electron chi connectivity index (χ2n) is 6.14. The minimum atomic E-state index is -4.59. The predicted molar refractivity (Wildman–Crippen MR) is 101 cm³/mol. The van der Waals surface area contributed by atoms with Crippen LogP contribution in [0.5, 0.6) is 0 Å². The molecule has 0 bridgehead atoms. The summed E-state index contributed by atoms with van der Waals surface area (Å²) in [6.07, 6.45) is 0.149. The molecule has 0 radical (unpaired) electrons. The van der Waals surface area contributed by atoms with Gasteiger partial charge in [-0.2, -0.15) is 18.3 Å². The van der Waals surface area contributed by atoms with Crippen molar-refractivity contribution in [3.63, 3.8) is 0 Å². The molecule has 0 amide bonds. The second kappa shape index (κ2) is 7.70. The number of alkyl halides is 3. The largest absolute Gasteiger partial charge is 0.433 e. The maximum absolute atomic E-state index is 13.3. The molecule has 9 heteroatoms. The average Bonchev–Trinajstić information content (AvgIpc) is 3.22. The van der Waals surface area contributed by atoms with Gasteiger partial charge >= 0.3 is 6.18 Å². The van der Waals surface area contributed by atoms with Gasteiger partial charge in [-0.25, -0.2) is 14.6 Å². The summed E-state index contributed by atoms with van der Waals surface area (Å²) in [4.78, 5) is 11.7. The van der Waals surface area contributed by atoms with Crippen LogP contribution in [-0.2, 0) is 12.7 Å². The van der Waals surface area contributed by atoms with Crippen molar-refractivity contribution < 1.29 is 13.2 Å². The molecular weight excluding hydrogens is 381 g/mol. The van der Waals surface area contributed by atoms with Crippen LogP contribution in [0.2, 0.25) is 0 Å². The van der Waals surface area contributed by atoms with Crippen molar-refractivity contribution >= 4 is 5.82 Å². The van der Waals surface area contributed by atoms with Gasteiger partial charge in [-0.05, 0) is 30.3 Å². The number of hydrogen-bond acceptors (Lipinski definition) is 5. The molecule has 4 rings (SSSR count). The molecule has 0 fully saturated rings. The van der Waals surface area contributed by atoms with Gasteiger partial charge in [0.15, 0.2) is 11.5 Å². The molecule has 0 aliphatic carbocycles. The van der Waals surface area contributed by atoms with Crippen molar-refractivity contribution in [3.05, 3.63) is 84.6 Å². The summed E-state index contributed by atoms with van der Waals surface area (Å²) in [6.45, 7) is 0.212. The number of nitrogens with one attached hydrogen (secondary N) is 1. The third kappa shape index (κ3) is 4.40. The summed E-state index contributed by atoms with van der Waals surface area (Å²) in [5.74, 6) is 0.0351. The highest BCUT2D eigenvalue weighted by atomic mass is 19.4. The average molecular weight is 396 g/mol. The van der Waals surface area contributed by atoms with Crippen LogP contribution < -0.4 is 5.32 Å². The Morgan fingerprint density at radius 2 is 1.69 bits per heavy atom. The zero-order valence-electron chi connectivity index (χ0n) is 15.0. The number of benzene rings is 1. The van der Waals surface area contributed by atoms with Gasteiger partial charge in [-0.3, -0.25) is 4.98 Å². The maximum atomic E-state index is 13.3. The van der Waals surface area contributed by atoms with Crippen molar-refractivity contribution in [1.82, 2.24) is 24.7 Å². The van der Waals surface area contributed by atoms with E-state index < -0.39 is 11.9 Å². The van der Waals surface area contributed by atoms with E-state index in [1.54, 1.807) is 29.1 Å². The number of para-hydroxylation sites is 1. The first-order valence-electron chi connectivity index (χ1n) is 8.69. The lowest BCUT2D eigenvalue weighted by Gasteiger charge is -2.11. The molecule has 146 valence electrons. The quantitative estimate of drug-likeness (QED) is 0.543. The minimum absolute atomic E-state index is 0.0282. The molecule has 1 aromatic carbocycles. The smallest absolute Gasteiger partial charge is 0.364 e. The van der Waals surface area contributed by atoms with E-state index in [4.69, 9.17) is 0 Å². The van der Waals surface area contributed by atoms with E-state index in [0.717, 1.165) is 11.8 Å². The van der Waals surface area contributed by atoms with E-state index >= 15 is 0 Å². The monoisotopic (exact) mass is 396 g/mol. The highest BCUT2D eigenvalue weighted by molar-refractivity contribution is 5.57. The zero-order chi connectivity index (χ0) is 20.3. The SMILES string of the molecule is FC(F)(F)c1cc(NCc2ccn(-c3ccccc3)n2)nc(-c2ccncc2)n1. The fourth-order valence-electron chi connectivity index (χ4n) is 2.67. The summed E-state index contributed by atoms with van der Waals surface area (Å²) in [5.41, 5.74) is 0.978. The van der Waals surface area contributed by atoms with Crippen molar-refractivity contribution in [1.29, 1.82) is 0 Å². The van der Waals surface area contributed by atoms with Gasteiger partial charge in [0.25, 0.3) is 0 Å². The molecule has 6 nitrogen and oxygen atoms in total. The van der Waals surface area contributed by atoms with Crippen LogP contribution in [0.1, 0.15) is 11.4 Å². The van der Waals surface area contributed by atoms with Crippen LogP contribution in [0.3, 0.4) is 0 Å². The van der Waals surface area contributed by atoms with Crippen molar-refractivity contribution in [2.45, 2.75) is 12.7 Å². The summed E-state index contributed by atoms with van der Waals surface area (Å²) < 4.78 is 41.5. The van der Waals surface area contributed by atoms with E-state index in [9.17, 15) is 13.2 Å². The van der Waals surface area contributed by atoms with Crippen LogP contribution >= 0.6 is 0 Å². The molecular formula is C20H15F3N6. The first kappa shape index (κ1) is 18.6. The van der Waals surface area contributed by atoms with Gasteiger partial charge in [0.2, 0.25) is 0 Å². The number of nitrogens with zero attached hydrogens (tertiary/aromatic N) is 5. The number of halogens is 3. The number of pyridine rings is 1. The van der Waals surface area contributed by atoms with E-state index in [1.807, 2.05) is 30.3 Å². The number of anilines is 1. The Hall–Kier alpha value is -3.75. The van der Waals surface area contributed by atoms with E-state index in [2.05, 4.69) is 25.4 Å². The third-order valence-corrected chi connectivity index (χ3v) is 4.07. The number of rotatable bonds is 5. The molecule has 3 heterocycles. The van der Waals surface area contributed by atoms with Gasteiger partial charge in [0.05, 0.1) is 17.9 Å². The van der Waals surface area contributed by atoms with Crippen LogP contribution in [0.4, 0.5) is 19.0 Å². The fraction of sp³-hybridized carbons (Fsp3) is 0.100. The maximum Gasteiger partial charge on any atom is 0.433 e. The van der Waals surface area contributed by atoms with Crippen LogP contribution in [0.15, 0.2) is 73.2 Å². The lowest BCUT2D eigenvalue weighted by molar-refractivity contribution is -0.141. The lowest BCUT2D eigenvalue weighted by Crippen LogP contribution is -2.12. The summed E-state index contributed by atoms with van der Waals surface area (Å²) in [7, 11) is 0. The highest BCUT2D eigenvalue weighted by Crippen LogP contribution is 2.30. The molecule has 0 unspecified atom stereocenters. The van der Waals surface area contributed by atoms with Gasteiger partial charge < -0.3 is 5.32 Å². The van der Waals surface area contributed by atoms with E-state index in [0.29, 0.717) is 11.3 Å². The molecule has 1 N–H and O–H groups in total. The van der Waals surface area contributed by atoms with Crippen molar-refractivity contribution in [2.75, 3.05) is 5.32 Å². The fourth-order valence-corrected chi connectivity index (χ4v) is 2.67. The zero-order valence-corrected chi connectivity index (χ0v) is 15.0. The molecule has 0 aliphatic heterocycles. The predicted octanol–water partition coefficient (Wildman–Crippen LogP) is 4.36. The molecule has 4 aromatic rings. The standard InChI is InChI=1S/C20H15F3N6/c21-20(22,23)17-12-18(27-19(26-17)14-6-9-24-10-7-14)25-13-15-8-11-29(28-15)16-4-2-1-3-5-16/h1-12H,13H2,(H,25,26,27). The molecule has 3 aromatic heterocycles. The molecule has 0 spiro atoms. The Labute approximate surface area is 164 Å². The Morgan fingerprint density at radius 1 is 0.931 bits per heavy atom. The minimum Gasteiger partial charge on any atom is -0.364 e. The topological polar surface area (TPSA) is 68.5 Å². The van der Waals surface area contributed by atoms with Crippen LogP contribution in [0.25, 0.3) is 17.1 Å². The Kier molecular flexibility index (Phi) is 4.94. The summed E-state index contributed by atoms with van der Waals surface area (Å²) in [6, 6.07) is 15.3. The number of aromatic nitrogens is 5. The molecule has 0 atom stereocenters. The molecule has 0 aliphatic rings. The summed E-state index contributed by atoms with van der Waals surface area (Å²) in [5, 5.41) is 7.33. The second-order valence-corrected chi connectivity index (χ2v) is 6.14. The van der Waals surface area contributed by atoms with Crippen molar-refractivity contribution in [3.8, 4) is 17.1 Å². The lowest BCUT2D eigenvalue weighted by atomic mass is 10.2. The normalized spacial score (nSPS) is 11.4. The number of hydrogen-bond donors (Lipinski definition) is 1. The van der Waals surface area contributed by atoms with Gasteiger partial charge in [0.1, 0.15) is 5.82 Å². The van der Waals surface area contributed by atoms with E-state index in [-0.39, 0.29) is 18.2 Å². The van der Waals surface area contributed by atoms with Gasteiger partial charge in [-0.15, -0.1) is 0 Å². The first-order chi connectivity index (χ1) is 14.0. The highest BCUT2D eigenvalue weighted by Gasteiger charge is 2.33. The van der Waals surface area contributed by atoms with Crippen LogP contribution in [0, 0.1) is 0 Å². The molecule has 29 heavy (non-hydrogen) atoms. The molecule has 0 saturated heterocycles. The Balaban J connectivity index is 1.58. The molecule has 0 saturated carbocycles. The van der Waals surface area contributed by atoms with Crippen molar-refractivity contribution in [2.24, 2.45) is 0 Å². The van der Waals surface area contributed by atoms with E-state index in [1.165, 1.54) is 12.4 Å².